The Balaban J connectivity index is 1.50. The lowest BCUT2D eigenvalue weighted by Gasteiger charge is -2.09. The first-order valence-corrected chi connectivity index (χ1v) is 9.49. The molecular formula is C19H19N3O4S. The van der Waals surface area contributed by atoms with E-state index in [0.29, 0.717) is 11.3 Å². The molecule has 1 aliphatic carbocycles. The zero-order valence-corrected chi connectivity index (χ0v) is 15.5. The summed E-state index contributed by atoms with van der Waals surface area (Å²) >= 11 is 1.37. The molecular weight excluding hydrogens is 366 g/mol. The Morgan fingerprint density at radius 1 is 1.15 bits per heavy atom. The zero-order chi connectivity index (χ0) is 19.4. The number of hydrogen-bond acceptors (Lipinski definition) is 5. The molecule has 0 unspecified atom stereocenters. The van der Waals surface area contributed by atoms with Crippen LogP contribution in [0.15, 0.2) is 47.4 Å². The third-order valence-corrected chi connectivity index (χ3v) is 5.15. The Morgan fingerprint density at radius 3 is 2.44 bits per heavy atom. The van der Waals surface area contributed by atoms with Gasteiger partial charge in [-0.25, -0.2) is 0 Å². The molecule has 0 aliphatic heterocycles. The second kappa shape index (κ2) is 8.22. The number of nitro benzene ring substituents is 1. The van der Waals surface area contributed by atoms with E-state index in [4.69, 9.17) is 0 Å². The van der Waals surface area contributed by atoms with E-state index in [1.54, 1.807) is 6.92 Å². The van der Waals surface area contributed by atoms with Gasteiger partial charge in [-0.1, -0.05) is 0 Å². The van der Waals surface area contributed by atoms with E-state index < -0.39 is 4.92 Å². The van der Waals surface area contributed by atoms with Gasteiger partial charge in [0.15, 0.2) is 0 Å². The molecule has 0 saturated heterocycles. The number of carbonyl (C=O) groups excluding carboxylic acids is 2. The summed E-state index contributed by atoms with van der Waals surface area (Å²) in [6.07, 6.45) is 1.92. The quantitative estimate of drug-likeness (QED) is 0.426. The molecule has 2 aromatic rings. The van der Waals surface area contributed by atoms with Crippen molar-refractivity contribution in [1.82, 2.24) is 0 Å². The van der Waals surface area contributed by atoms with Crippen molar-refractivity contribution in [2.75, 3.05) is 16.4 Å². The number of anilines is 2. The van der Waals surface area contributed by atoms with Gasteiger partial charge in [0, 0.05) is 34.3 Å². The molecule has 1 fully saturated rings. The summed E-state index contributed by atoms with van der Waals surface area (Å²) in [4.78, 5) is 35.1. The van der Waals surface area contributed by atoms with Crippen molar-refractivity contribution < 1.29 is 14.5 Å². The smallest absolute Gasteiger partial charge is 0.269 e. The first-order chi connectivity index (χ1) is 12.9. The second-order valence-corrected chi connectivity index (χ2v) is 7.43. The van der Waals surface area contributed by atoms with Crippen LogP contribution in [-0.2, 0) is 9.59 Å². The molecule has 8 heteroatoms. The van der Waals surface area contributed by atoms with Crippen molar-refractivity contribution in [2.24, 2.45) is 5.92 Å². The first kappa shape index (κ1) is 18.9. The summed E-state index contributed by atoms with van der Waals surface area (Å²) in [5, 5.41) is 16.4. The monoisotopic (exact) mass is 385 g/mol. The molecule has 2 amide bonds. The third-order valence-electron chi connectivity index (χ3n) is 4.13. The van der Waals surface area contributed by atoms with Crippen LogP contribution >= 0.6 is 11.8 Å². The van der Waals surface area contributed by atoms with Crippen LogP contribution in [0.1, 0.15) is 18.4 Å². The van der Waals surface area contributed by atoms with E-state index >= 15 is 0 Å². The number of nitro groups is 1. The Hall–Kier alpha value is -2.87. The lowest BCUT2D eigenvalue weighted by molar-refractivity contribution is -0.384. The van der Waals surface area contributed by atoms with Gasteiger partial charge in [-0.05, 0) is 55.7 Å². The van der Waals surface area contributed by atoms with Crippen molar-refractivity contribution in [2.45, 2.75) is 24.7 Å². The molecule has 0 heterocycles. The van der Waals surface area contributed by atoms with Crippen LogP contribution < -0.4 is 10.6 Å². The minimum Gasteiger partial charge on any atom is -0.326 e. The molecule has 1 saturated carbocycles. The Kier molecular flexibility index (Phi) is 5.75. The molecule has 2 aromatic carbocycles. The maximum absolute atomic E-state index is 12.1. The van der Waals surface area contributed by atoms with Crippen LogP contribution in [0, 0.1) is 23.0 Å². The van der Waals surface area contributed by atoms with Crippen molar-refractivity contribution in [3.63, 3.8) is 0 Å². The summed E-state index contributed by atoms with van der Waals surface area (Å²) in [5.41, 5.74) is 1.94. The maximum atomic E-state index is 12.1. The van der Waals surface area contributed by atoms with E-state index in [0.717, 1.165) is 23.4 Å². The second-order valence-electron chi connectivity index (χ2n) is 6.38. The van der Waals surface area contributed by atoms with Crippen LogP contribution in [-0.4, -0.2) is 22.5 Å². The van der Waals surface area contributed by atoms with Crippen LogP contribution in [0.4, 0.5) is 17.1 Å². The van der Waals surface area contributed by atoms with Gasteiger partial charge < -0.3 is 10.6 Å². The standard InChI is InChI=1S/C19H19N3O4S/c1-12-10-15(22(25)26)6-9-17(12)21-18(23)11-27-16-7-4-14(5-8-16)20-19(24)13-2-3-13/h4-10,13H,2-3,11H2,1H3,(H,20,24)(H,21,23). The van der Waals surface area contributed by atoms with Crippen molar-refractivity contribution in [1.29, 1.82) is 0 Å². The van der Waals surface area contributed by atoms with E-state index in [9.17, 15) is 19.7 Å². The minimum absolute atomic E-state index is 0.00580. The predicted molar refractivity (Wildman–Crippen MR) is 105 cm³/mol. The lowest BCUT2D eigenvalue weighted by Crippen LogP contribution is -2.15. The van der Waals surface area contributed by atoms with Crippen LogP contribution in [0.3, 0.4) is 0 Å². The molecule has 2 N–H and O–H groups in total. The largest absolute Gasteiger partial charge is 0.326 e. The van der Waals surface area contributed by atoms with Crippen molar-refractivity contribution >= 4 is 40.6 Å². The molecule has 140 valence electrons. The highest BCUT2D eigenvalue weighted by atomic mass is 32.2. The van der Waals surface area contributed by atoms with Gasteiger partial charge >= 0.3 is 0 Å². The fourth-order valence-corrected chi connectivity index (χ4v) is 3.16. The predicted octanol–water partition coefficient (Wildman–Crippen LogP) is 3.98. The molecule has 0 aromatic heterocycles. The van der Waals surface area contributed by atoms with Crippen LogP contribution in [0.25, 0.3) is 0 Å². The van der Waals surface area contributed by atoms with Gasteiger partial charge in [0.1, 0.15) is 0 Å². The number of carbonyl (C=O) groups is 2. The van der Waals surface area contributed by atoms with E-state index in [-0.39, 0.29) is 29.2 Å². The number of amides is 2. The van der Waals surface area contributed by atoms with Crippen molar-refractivity contribution in [3.05, 3.63) is 58.1 Å². The maximum Gasteiger partial charge on any atom is 0.269 e. The first-order valence-electron chi connectivity index (χ1n) is 8.51. The van der Waals surface area contributed by atoms with Gasteiger partial charge in [-0.2, -0.15) is 0 Å². The number of nitrogens with zero attached hydrogens (tertiary/aromatic N) is 1. The summed E-state index contributed by atoms with van der Waals surface area (Å²) in [6, 6.07) is 11.7. The number of aryl methyl sites for hydroxylation is 1. The van der Waals surface area contributed by atoms with Gasteiger partial charge in [0.25, 0.3) is 5.69 Å². The molecule has 7 nitrogen and oxygen atoms in total. The van der Waals surface area contributed by atoms with Gasteiger partial charge in [-0.3, -0.25) is 19.7 Å². The highest BCUT2D eigenvalue weighted by Gasteiger charge is 2.29. The van der Waals surface area contributed by atoms with E-state index in [1.807, 2.05) is 24.3 Å². The van der Waals surface area contributed by atoms with Crippen molar-refractivity contribution in [3.8, 4) is 0 Å². The molecule has 27 heavy (non-hydrogen) atoms. The number of non-ortho nitro benzene ring substituents is 1. The summed E-state index contributed by atoms with van der Waals surface area (Å²) < 4.78 is 0. The average molecular weight is 385 g/mol. The number of rotatable bonds is 7. The third kappa shape index (κ3) is 5.30. The molecule has 0 spiro atoms. The minimum atomic E-state index is -0.467. The molecule has 0 atom stereocenters. The topological polar surface area (TPSA) is 101 Å². The van der Waals surface area contributed by atoms with E-state index in [1.165, 1.54) is 30.0 Å². The van der Waals surface area contributed by atoms with Crippen LogP contribution in [0.5, 0.6) is 0 Å². The molecule has 3 rings (SSSR count). The lowest BCUT2D eigenvalue weighted by atomic mass is 10.2. The van der Waals surface area contributed by atoms with Gasteiger partial charge in [0.2, 0.25) is 11.8 Å². The highest BCUT2D eigenvalue weighted by molar-refractivity contribution is 8.00. The van der Waals surface area contributed by atoms with Gasteiger partial charge in [0.05, 0.1) is 10.7 Å². The van der Waals surface area contributed by atoms with Crippen LogP contribution in [0.2, 0.25) is 0 Å². The summed E-state index contributed by atoms with van der Waals surface area (Å²) in [6.45, 7) is 1.71. The molecule has 0 radical (unpaired) electrons. The number of benzene rings is 2. The Morgan fingerprint density at radius 2 is 1.85 bits per heavy atom. The number of thioether (sulfide) groups is 1. The zero-order valence-electron chi connectivity index (χ0n) is 14.7. The summed E-state index contributed by atoms with van der Waals surface area (Å²) in [5.74, 6) is 0.242. The fraction of sp³-hybridized carbons (Fsp3) is 0.263. The number of hydrogen-bond donors (Lipinski definition) is 2. The number of nitrogens with one attached hydrogen (secondary N) is 2. The Bertz CT molecular complexity index is 879. The summed E-state index contributed by atoms with van der Waals surface area (Å²) in [7, 11) is 0. The van der Waals surface area contributed by atoms with Gasteiger partial charge in [-0.15, -0.1) is 11.8 Å². The highest BCUT2D eigenvalue weighted by Crippen LogP contribution is 2.30. The molecule has 1 aliphatic rings. The Labute approximate surface area is 160 Å². The fourth-order valence-electron chi connectivity index (χ4n) is 2.46. The van der Waals surface area contributed by atoms with E-state index in [2.05, 4.69) is 10.6 Å². The normalized spacial score (nSPS) is 13.1. The SMILES string of the molecule is Cc1cc([N+](=O)[O-])ccc1NC(=O)CSc1ccc(NC(=O)C2CC2)cc1. The molecule has 0 bridgehead atoms. The average Bonchev–Trinajstić information content (AvgIpc) is 3.48.